The predicted molar refractivity (Wildman–Crippen MR) is 128 cm³/mol. The first-order chi connectivity index (χ1) is 15.5. The zero-order valence-corrected chi connectivity index (χ0v) is 19.2. The molecule has 32 heavy (non-hydrogen) atoms. The van der Waals surface area contributed by atoms with E-state index in [1.165, 1.54) is 16.5 Å². The van der Waals surface area contributed by atoms with Crippen molar-refractivity contribution in [2.45, 2.75) is 26.2 Å². The van der Waals surface area contributed by atoms with E-state index in [4.69, 9.17) is 0 Å². The standard InChI is InChI=1S/C24H28N4O3S/c1-17-21(23(30)26(2)24(31)28(17)19-7-4-3-5-8-19)27-14-11-18(12-15-27)22(29)25-13-10-20-9-6-16-32-20/h3-9,16,18H,10-15H2,1-2H3,(H,25,29). The number of anilines is 1. The lowest BCUT2D eigenvalue weighted by molar-refractivity contribution is -0.125. The summed E-state index contributed by atoms with van der Waals surface area (Å²) in [5.41, 5.74) is 1.24. The van der Waals surface area contributed by atoms with Crippen molar-refractivity contribution in [3.05, 3.63) is 79.3 Å². The average Bonchev–Trinajstić information content (AvgIpc) is 3.32. The number of carbonyl (C=O) groups is 1. The molecule has 168 valence electrons. The Morgan fingerprint density at radius 2 is 1.81 bits per heavy atom. The molecule has 0 aliphatic carbocycles. The van der Waals surface area contributed by atoms with Gasteiger partial charge in [0.2, 0.25) is 5.91 Å². The van der Waals surface area contributed by atoms with Crippen molar-refractivity contribution in [1.29, 1.82) is 0 Å². The van der Waals surface area contributed by atoms with Gasteiger partial charge in [-0.05, 0) is 49.8 Å². The van der Waals surface area contributed by atoms with Gasteiger partial charge >= 0.3 is 5.69 Å². The predicted octanol–water partition coefficient (Wildman–Crippen LogP) is 2.48. The third-order valence-electron chi connectivity index (χ3n) is 6.11. The number of benzene rings is 1. The van der Waals surface area contributed by atoms with Crippen LogP contribution in [0.25, 0.3) is 5.69 Å². The second kappa shape index (κ2) is 9.56. The minimum atomic E-state index is -0.359. The van der Waals surface area contributed by atoms with Gasteiger partial charge in [0.1, 0.15) is 5.69 Å². The van der Waals surface area contributed by atoms with Crippen molar-refractivity contribution in [3.63, 3.8) is 0 Å². The van der Waals surface area contributed by atoms with Crippen molar-refractivity contribution in [2.75, 3.05) is 24.5 Å². The quantitative estimate of drug-likeness (QED) is 0.624. The second-order valence-electron chi connectivity index (χ2n) is 8.13. The SMILES string of the molecule is Cc1c(N2CCC(C(=O)NCCc3cccs3)CC2)c(=O)n(C)c(=O)n1-c1ccccc1. The number of nitrogens with zero attached hydrogens (tertiary/aromatic N) is 3. The van der Waals surface area contributed by atoms with Crippen molar-refractivity contribution in [3.8, 4) is 5.69 Å². The minimum Gasteiger partial charge on any atom is -0.366 e. The topological polar surface area (TPSA) is 76.3 Å². The number of rotatable bonds is 6. The van der Waals surface area contributed by atoms with Crippen LogP contribution in [-0.4, -0.2) is 34.7 Å². The summed E-state index contributed by atoms with van der Waals surface area (Å²) < 4.78 is 2.75. The van der Waals surface area contributed by atoms with Gasteiger partial charge in [0.05, 0.1) is 11.4 Å². The van der Waals surface area contributed by atoms with Crippen LogP contribution in [-0.2, 0) is 18.3 Å². The second-order valence-corrected chi connectivity index (χ2v) is 9.17. The fourth-order valence-electron chi connectivity index (χ4n) is 4.32. The first kappa shape index (κ1) is 22.1. The van der Waals surface area contributed by atoms with E-state index >= 15 is 0 Å². The van der Waals surface area contributed by atoms with Gasteiger partial charge < -0.3 is 10.2 Å². The minimum absolute atomic E-state index is 0.0567. The van der Waals surface area contributed by atoms with Gasteiger partial charge in [-0.15, -0.1) is 11.3 Å². The summed E-state index contributed by atoms with van der Waals surface area (Å²) >= 11 is 1.70. The van der Waals surface area contributed by atoms with Gasteiger partial charge in [-0.25, -0.2) is 4.79 Å². The molecule has 0 unspecified atom stereocenters. The molecule has 3 heterocycles. The Morgan fingerprint density at radius 3 is 2.47 bits per heavy atom. The van der Waals surface area contributed by atoms with Crippen LogP contribution in [0.2, 0.25) is 0 Å². The zero-order valence-electron chi connectivity index (χ0n) is 18.4. The molecule has 1 fully saturated rings. The zero-order chi connectivity index (χ0) is 22.7. The van der Waals surface area contributed by atoms with Crippen LogP contribution >= 0.6 is 11.3 Å². The highest BCUT2D eigenvalue weighted by Crippen LogP contribution is 2.24. The molecule has 7 nitrogen and oxygen atoms in total. The van der Waals surface area contributed by atoms with E-state index in [9.17, 15) is 14.4 Å². The highest BCUT2D eigenvalue weighted by molar-refractivity contribution is 7.09. The van der Waals surface area contributed by atoms with Gasteiger partial charge in [0.25, 0.3) is 5.56 Å². The van der Waals surface area contributed by atoms with Crippen molar-refractivity contribution in [1.82, 2.24) is 14.5 Å². The molecule has 3 aromatic rings. The van der Waals surface area contributed by atoms with Crippen molar-refractivity contribution in [2.24, 2.45) is 13.0 Å². The number of piperidine rings is 1. The molecule has 0 radical (unpaired) electrons. The van der Waals surface area contributed by atoms with Gasteiger partial charge in [-0.3, -0.25) is 18.7 Å². The molecule has 1 amide bonds. The monoisotopic (exact) mass is 452 g/mol. The van der Waals surface area contributed by atoms with E-state index in [1.54, 1.807) is 15.9 Å². The summed E-state index contributed by atoms with van der Waals surface area (Å²) in [6.45, 7) is 3.66. The van der Waals surface area contributed by atoms with E-state index < -0.39 is 0 Å². The number of hydrogen-bond acceptors (Lipinski definition) is 5. The number of hydrogen-bond donors (Lipinski definition) is 1. The number of aromatic nitrogens is 2. The largest absolute Gasteiger partial charge is 0.366 e. The molecular formula is C24H28N4O3S. The Bertz CT molecular complexity index is 1190. The Morgan fingerprint density at radius 1 is 1.09 bits per heavy atom. The lowest BCUT2D eigenvalue weighted by Gasteiger charge is -2.34. The maximum absolute atomic E-state index is 13.0. The van der Waals surface area contributed by atoms with E-state index in [0.717, 1.165) is 12.1 Å². The molecule has 1 aliphatic heterocycles. The normalized spacial score (nSPS) is 14.5. The van der Waals surface area contributed by atoms with Crippen LogP contribution in [0, 0.1) is 12.8 Å². The summed E-state index contributed by atoms with van der Waals surface area (Å²) in [5, 5.41) is 5.09. The van der Waals surface area contributed by atoms with Gasteiger partial charge in [0.15, 0.2) is 0 Å². The Hall–Kier alpha value is -3.13. The van der Waals surface area contributed by atoms with Crippen LogP contribution in [0.3, 0.4) is 0 Å². The number of thiophene rings is 1. The van der Waals surface area contributed by atoms with Gasteiger partial charge in [-0.1, -0.05) is 24.3 Å². The molecule has 0 saturated carbocycles. The highest BCUT2D eigenvalue weighted by Gasteiger charge is 2.28. The first-order valence-electron chi connectivity index (χ1n) is 10.9. The molecule has 1 aliphatic rings. The van der Waals surface area contributed by atoms with E-state index in [0.29, 0.717) is 43.9 Å². The molecule has 4 rings (SSSR count). The molecule has 1 N–H and O–H groups in total. The number of carbonyl (C=O) groups excluding carboxylic acids is 1. The van der Waals surface area contributed by atoms with Crippen LogP contribution in [0.5, 0.6) is 0 Å². The van der Waals surface area contributed by atoms with Crippen LogP contribution in [0.1, 0.15) is 23.4 Å². The lowest BCUT2D eigenvalue weighted by Crippen LogP contribution is -2.46. The number of nitrogens with one attached hydrogen (secondary N) is 1. The molecule has 8 heteroatoms. The maximum Gasteiger partial charge on any atom is 0.335 e. The Kier molecular flexibility index (Phi) is 6.60. The summed E-state index contributed by atoms with van der Waals surface area (Å²) in [6, 6.07) is 13.4. The molecular weight excluding hydrogens is 424 g/mol. The lowest BCUT2D eigenvalue weighted by atomic mass is 9.95. The van der Waals surface area contributed by atoms with E-state index in [1.807, 2.05) is 53.6 Å². The fraction of sp³-hybridized carbons (Fsp3) is 0.375. The summed E-state index contributed by atoms with van der Waals surface area (Å²) in [6.07, 6.45) is 2.20. The van der Waals surface area contributed by atoms with E-state index in [-0.39, 0.29) is 23.1 Å². The Balaban J connectivity index is 1.47. The molecule has 0 spiro atoms. The maximum atomic E-state index is 13.0. The van der Waals surface area contributed by atoms with Gasteiger partial charge in [0, 0.05) is 37.5 Å². The summed E-state index contributed by atoms with van der Waals surface area (Å²) in [4.78, 5) is 41.7. The summed E-state index contributed by atoms with van der Waals surface area (Å²) in [7, 11) is 1.51. The average molecular weight is 453 g/mol. The number of para-hydroxylation sites is 1. The molecule has 1 saturated heterocycles. The highest BCUT2D eigenvalue weighted by atomic mass is 32.1. The number of amides is 1. The Labute approximate surface area is 190 Å². The molecule has 0 atom stereocenters. The molecule has 2 aromatic heterocycles. The van der Waals surface area contributed by atoms with Crippen molar-refractivity contribution < 1.29 is 4.79 Å². The third-order valence-corrected chi connectivity index (χ3v) is 7.05. The van der Waals surface area contributed by atoms with Gasteiger partial charge in [-0.2, -0.15) is 0 Å². The van der Waals surface area contributed by atoms with Crippen LogP contribution in [0.15, 0.2) is 57.4 Å². The molecule has 0 bridgehead atoms. The van der Waals surface area contributed by atoms with Crippen molar-refractivity contribution >= 4 is 22.9 Å². The smallest absolute Gasteiger partial charge is 0.335 e. The fourth-order valence-corrected chi connectivity index (χ4v) is 5.03. The van der Waals surface area contributed by atoms with Crippen LogP contribution < -0.4 is 21.5 Å². The van der Waals surface area contributed by atoms with E-state index in [2.05, 4.69) is 11.4 Å². The summed E-state index contributed by atoms with van der Waals surface area (Å²) in [5.74, 6) is 0.0267. The van der Waals surface area contributed by atoms with Crippen LogP contribution in [0.4, 0.5) is 5.69 Å². The molecule has 1 aromatic carbocycles. The first-order valence-corrected chi connectivity index (χ1v) is 11.8. The third kappa shape index (κ3) is 4.41.